The number of unbranched alkanes of at least 4 members (excludes halogenated alkanes) is 2. The molecule has 0 fully saturated rings. The summed E-state index contributed by atoms with van der Waals surface area (Å²) in [6, 6.07) is 4.75. The van der Waals surface area contributed by atoms with Crippen LogP contribution >= 0.6 is 31.9 Å². The van der Waals surface area contributed by atoms with Crippen molar-refractivity contribution in [1.82, 2.24) is 0 Å². The Balaban J connectivity index is 2.94. The molecular formula is C22H36Br2. The first-order valence-corrected chi connectivity index (χ1v) is 11.6. The molecule has 1 aromatic carbocycles. The summed E-state index contributed by atoms with van der Waals surface area (Å²) in [5.74, 6) is 1.65. The first-order chi connectivity index (χ1) is 11.5. The Kier molecular flexibility index (Phi) is 11.6. The summed E-state index contributed by atoms with van der Waals surface area (Å²) in [7, 11) is 0. The van der Waals surface area contributed by atoms with E-state index < -0.39 is 0 Å². The van der Waals surface area contributed by atoms with Crippen LogP contribution in [-0.4, -0.2) is 0 Å². The fraction of sp³-hybridized carbons (Fsp3) is 0.727. The van der Waals surface area contributed by atoms with Crippen LogP contribution in [0.15, 0.2) is 21.1 Å². The molecule has 0 radical (unpaired) electrons. The Morgan fingerprint density at radius 3 is 1.38 bits per heavy atom. The van der Waals surface area contributed by atoms with Crippen molar-refractivity contribution in [3.05, 3.63) is 32.2 Å². The van der Waals surface area contributed by atoms with Crippen molar-refractivity contribution in [2.24, 2.45) is 11.8 Å². The molecule has 0 aliphatic heterocycles. The molecule has 0 aliphatic rings. The van der Waals surface area contributed by atoms with Gasteiger partial charge in [0.05, 0.1) is 0 Å². The zero-order chi connectivity index (χ0) is 17.9. The Morgan fingerprint density at radius 2 is 1.08 bits per heavy atom. The van der Waals surface area contributed by atoms with Crippen LogP contribution in [-0.2, 0) is 12.8 Å². The van der Waals surface area contributed by atoms with Gasteiger partial charge >= 0.3 is 0 Å². The van der Waals surface area contributed by atoms with Crippen LogP contribution in [0.1, 0.15) is 90.2 Å². The molecule has 0 bridgehead atoms. The highest BCUT2D eigenvalue weighted by molar-refractivity contribution is 9.13. The average molecular weight is 460 g/mol. The van der Waals surface area contributed by atoms with Gasteiger partial charge < -0.3 is 0 Å². The molecule has 0 saturated heterocycles. The zero-order valence-electron chi connectivity index (χ0n) is 16.1. The lowest BCUT2D eigenvalue weighted by Crippen LogP contribution is -2.10. The molecule has 0 nitrogen and oxygen atoms in total. The van der Waals surface area contributed by atoms with Crippen LogP contribution in [0.3, 0.4) is 0 Å². The van der Waals surface area contributed by atoms with Crippen molar-refractivity contribution < 1.29 is 0 Å². The summed E-state index contributed by atoms with van der Waals surface area (Å²) in [4.78, 5) is 0. The van der Waals surface area contributed by atoms with Gasteiger partial charge in [0, 0.05) is 8.95 Å². The lowest BCUT2D eigenvalue weighted by atomic mass is 9.85. The van der Waals surface area contributed by atoms with E-state index in [-0.39, 0.29) is 0 Å². The largest absolute Gasteiger partial charge is 0.0654 e. The quantitative estimate of drug-likeness (QED) is 0.293. The second-order valence-corrected chi connectivity index (χ2v) is 8.98. The third kappa shape index (κ3) is 7.60. The molecule has 2 unspecified atom stereocenters. The first-order valence-electron chi connectivity index (χ1n) is 10.0. The minimum atomic E-state index is 0.826. The summed E-state index contributed by atoms with van der Waals surface area (Å²) in [5.41, 5.74) is 3.14. The molecule has 24 heavy (non-hydrogen) atoms. The molecular weight excluding hydrogens is 424 g/mol. The fourth-order valence-electron chi connectivity index (χ4n) is 3.52. The fourth-order valence-corrected chi connectivity index (χ4v) is 4.30. The van der Waals surface area contributed by atoms with Gasteiger partial charge in [-0.2, -0.15) is 0 Å². The Bertz CT molecular complexity index is 424. The lowest BCUT2D eigenvalue weighted by molar-refractivity contribution is 0.434. The second-order valence-electron chi connectivity index (χ2n) is 7.28. The minimum Gasteiger partial charge on any atom is -0.0654 e. The van der Waals surface area contributed by atoms with Crippen molar-refractivity contribution in [2.75, 3.05) is 0 Å². The standard InChI is InChI=1S/C22H36Br2/c1-5-9-11-17(7-3)13-19-15-21(23)22(24)16-20(19)14-18(8-4)12-10-6-2/h15-18H,5-14H2,1-4H3. The molecule has 0 saturated carbocycles. The predicted molar refractivity (Wildman–Crippen MR) is 116 cm³/mol. The van der Waals surface area contributed by atoms with E-state index >= 15 is 0 Å². The normalized spacial score (nSPS) is 13.9. The van der Waals surface area contributed by atoms with Gasteiger partial charge in [0.2, 0.25) is 0 Å². The van der Waals surface area contributed by atoms with E-state index in [4.69, 9.17) is 0 Å². The Hall–Kier alpha value is 0.180. The van der Waals surface area contributed by atoms with Gasteiger partial charge in [-0.3, -0.25) is 0 Å². The molecule has 0 aromatic heterocycles. The van der Waals surface area contributed by atoms with E-state index in [1.54, 1.807) is 11.1 Å². The maximum Gasteiger partial charge on any atom is 0.0320 e. The summed E-state index contributed by atoms with van der Waals surface area (Å²) < 4.78 is 2.40. The van der Waals surface area contributed by atoms with Gasteiger partial charge in [0.15, 0.2) is 0 Å². The SMILES string of the molecule is CCCCC(CC)Cc1cc(Br)c(Br)cc1CC(CC)CCCC. The van der Waals surface area contributed by atoms with Gasteiger partial charge in [-0.15, -0.1) is 0 Å². The molecule has 0 amide bonds. The zero-order valence-corrected chi connectivity index (χ0v) is 19.3. The highest BCUT2D eigenvalue weighted by Gasteiger charge is 2.16. The van der Waals surface area contributed by atoms with Crippen LogP contribution in [0.25, 0.3) is 0 Å². The summed E-state index contributed by atoms with van der Waals surface area (Å²) in [6.45, 7) is 9.30. The van der Waals surface area contributed by atoms with Crippen molar-refractivity contribution in [2.45, 2.75) is 91.9 Å². The van der Waals surface area contributed by atoms with Crippen LogP contribution in [0.4, 0.5) is 0 Å². The van der Waals surface area contributed by atoms with E-state index in [9.17, 15) is 0 Å². The van der Waals surface area contributed by atoms with Gasteiger partial charge in [-0.25, -0.2) is 0 Å². The maximum absolute atomic E-state index is 3.72. The molecule has 0 N–H and O–H groups in total. The number of hydrogen-bond acceptors (Lipinski definition) is 0. The van der Waals surface area contributed by atoms with Crippen molar-refractivity contribution >= 4 is 31.9 Å². The van der Waals surface area contributed by atoms with E-state index in [0.717, 1.165) is 11.8 Å². The number of hydrogen-bond donors (Lipinski definition) is 0. The smallest absolute Gasteiger partial charge is 0.0320 e. The monoisotopic (exact) mass is 458 g/mol. The molecule has 0 heterocycles. The highest BCUT2D eigenvalue weighted by atomic mass is 79.9. The highest BCUT2D eigenvalue weighted by Crippen LogP contribution is 2.32. The number of rotatable bonds is 12. The van der Waals surface area contributed by atoms with E-state index in [2.05, 4.69) is 71.7 Å². The topological polar surface area (TPSA) is 0 Å². The molecule has 2 atom stereocenters. The Morgan fingerprint density at radius 1 is 0.708 bits per heavy atom. The Labute approximate surface area is 167 Å². The molecule has 138 valence electrons. The van der Waals surface area contributed by atoms with Crippen LogP contribution in [0, 0.1) is 11.8 Å². The number of benzene rings is 1. The van der Waals surface area contributed by atoms with Gasteiger partial charge in [-0.05, 0) is 79.8 Å². The lowest BCUT2D eigenvalue weighted by Gasteiger charge is -2.21. The van der Waals surface area contributed by atoms with Gasteiger partial charge in [0.1, 0.15) is 0 Å². The maximum atomic E-state index is 3.72. The van der Waals surface area contributed by atoms with Crippen LogP contribution < -0.4 is 0 Å². The van der Waals surface area contributed by atoms with Crippen LogP contribution in [0.2, 0.25) is 0 Å². The molecule has 0 aliphatic carbocycles. The third-order valence-corrected chi connectivity index (χ3v) is 7.19. The summed E-state index contributed by atoms with van der Waals surface area (Å²) in [6.07, 6.45) is 13.1. The van der Waals surface area contributed by atoms with E-state index in [1.807, 2.05) is 0 Å². The first kappa shape index (κ1) is 22.2. The predicted octanol–water partition coefficient (Wildman–Crippen LogP) is 8.73. The summed E-state index contributed by atoms with van der Waals surface area (Å²) >= 11 is 7.45. The molecule has 1 rings (SSSR count). The average Bonchev–Trinajstić information content (AvgIpc) is 2.58. The van der Waals surface area contributed by atoms with Crippen molar-refractivity contribution in [3.8, 4) is 0 Å². The molecule has 2 heteroatoms. The minimum absolute atomic E-state index is 0.826. The van der Waals surface area contributed by atoms with E-state index in [1.165, 1.54) is 73.2 Å². The second kappa shape index (κ2) is 12.5. The van der Waals surface area contributed by atoms with Crippen molar-refractivity contribution in [3.63, 3.8) is 0 Å². The summed E-state index contributed by atoms with van der Waals surface area (Å²) in [5, 5.41) is 0. The van der Waals surface area contributed by atoms with Gasteiger partial charge in [-0.1, -0.05) is 79.1 Å². The van der Waals surface area contributed by atoms with Crippen molar-refractivity contribution in [1.29, 1.82) is 0 Å². The molecule has 1 aromatic rings. The van der Waals surface area contributed by atoms with Gasteiger partial charge in [0.25, 0.3) is 0 Å². The van der Waals surface area contributed by atoms with E-state index in [0.29, 0.717) is 0 Å². The molecule has 0 spiro atoms. The number of halogens is 2. The van der Waals surface area contributed by atoms with Crippen LogP contribution in [0.5, 0.6) is 0 Å². The third-order valence-electron chi connectivity index (χ3n) is 5.35.